The SMILES string of the molecule is CC1CC(C=O)CCC1I. The second-order valence-electron chi connectivity index (χ2n) is 3.20. The van der Waals surface area contributed by atoms with Gasteiger partial charge in [0.1, 0.15) is 6.29 Å². The van der Waals surface area contributed by atoms with Gasteiger partial charge in [-0.3, -0.25) is 0 Å². The first kappa shape index (κ1) is 8.50. The number of hydrogen-bond donors (Lipinski definition) is 0. The lowest BCUT2D eigenvalue weighted by molar-refractivity contribution is -0.112. The highest BCUT2D eigenvalue weighted by atomic mass is 127. The summed E-state index contributed by atoms with van der Waals surface area (Å²) in [7, 11) is 0. The van der Waals surface area contributed by atoms with E-state index < -0.39 is 0 Å². The molecule has 1 fully saturated rings. The van der Waals surface area contributed by atoms with Crippen LogP contribution in [0.3, 0.4) is 0 Å². The van der Waals surface area contributed by atoms with Crippen LogP contribution in [-0.4, -0.2) is 10.2 Å². The lowest BCUT2D eigenvalue weighted by Gasteiger charge is -2.27. The van der Waals surface area contributed by atoms with Crippen LogP contribution in [0, 0.1) is 11.8 Å². The van der Waals surface area contributed by atoms with Crippen LogP contribution in [-0.2, 0) is 4.79 Å². The number of carbonyl (C=O) groups excluding carboxylic acids is 1. The Bertz CT molecular complexity index is 124. The van der Waals surface area contributed by atoms with Crippen LogP contribution in [0.15, 0.2) is 0 Å². The van der Waals surface area contributed by atoms with E-state index in [-0.39, 0.29) is 0 Å². The predicted octanol–water partition coefficient (Wildman–Crippen LogP) is 2.43. The molecule has 1 aliphatic carbocycles. The smallest absolute Gasteiger partial charge is 0.123 e. The maximum atomic E-state index is 10.4. The van der Waals surface area contributed by atoms with Crippen molar-refractivity contribution >= 4 is 28.9 Å². The van der Waals surface area contributed by atoms with Crippen molar-refractivity contribution in [2.45, 2.75) is 30.1 Å². The normalized spacial score (nSPS) is 41.2. The van der Waals surface area contributed by atoms with E-state index in [1.807, 2.05) is 0 Å². The molecule has 0 aromatic heterocycles. The molecule has 10 heavy (non-hydrogen) atoms. The molecule has 1 rings (SSSR count). The van der Waals surface area contributed by atoms with E-state index in [1.54, 1.807) is 0 Å². The van der Waals surface area contributed by atoms with Crippen LogP contribution in [0.1, 0.15) is 26.2 Å². The van der Waals surface area contributed by atoms with Crippen molar-refractivity contribution in [3.05, 3.63) is 0 Å². The minimum absolute atomic E-state index is 0.362. The average molecular weight is 252 g/mol. The van der Waals surface area contributed by atoms with Crippen molar-refractivity contribution < 1.29 is 4.79 Å². The Kier molecular flexibility index (Phi) is 3.14. The van der Waals surface area contributed by atoms with Crippen LogP contribution in [0.25, 0.3) is 0 Å². The molecular weight excluding hydrogens is 239 g/mol. The monoisotopic (exact) mass is 252 g/mol. The molecule has 58 valence electrons. The number of alkyl halides is 1. The number of carbonyl (C=O) groups is 1. The third-order valence-corrected chi connectivity index (χ3v) is 4.15. The average Bonchev–Trinajstić information content (AvgIpc) is 1.95. The van der Waals surface area contributed by atoms with Crippen LogP contribution in [0.5, 0.6) is 0 Å². The van der Waals surface area contributed by atoms with Crippen LogP contribution >= 0.6 is 22.6 Å². The third-order valence-electron chi connectivity index (χ3n) is 2.30. The van der Waals surface area contributed by atoms with Crippen LogP contribution in [0.4, 0.5) is 0 Å². The lowest BCUT2D eigenvalue weighted by Crippen LogP contribution is -2.23. The second-order valence-corrected chi connectivity index (χ2v) is 4.80. The van der Waals surface area contributed by atoms with Crippen molar-refractivity contribution in [1.82, 2.24) is 0 Å². The first-order valence-electron chi connectivity index (χ1n) is 3.83. The molecule has 0 aromatic carbocycles. The summed E-state index contributed by atoms with van der Waals surface area (Å²) in [5, 5.41) is 0. The fraction of sp³-hybridized carbons (Fsp3) is 0.875. The summed E-state index contributed by atoms with van der Waals surface area (Å²) < 4.78 is 0.800. The van der Waals surface area contributed by atoms with Gasteiger partial charge in [-0.25, -0.2) is 0 Å². The van der Waals surface area contributed by atoms with Crippen LogP contribution < -0.4 is 0 Å². The van der Waals surface area contributed by atoms with Crippen LogP contribution in [0.2, 0.25) is 0 Å². The van der Waals surface area contributed by atoms with Gasteiger partial charge in [0.15, 0.2) is 0 Å². The minimum Gasteiger partial charge on any atom is -0.303 e. The maximum absolute atomic E-state index is 10.4. The Morgan fingerprint density at radius 1 is 1.50 bits per heavy atom. The summed E-state index contributed by atoms with van der Waals surface area (Å²) in [6.45, 7) is 2.24. The summed E-state index contributed by atoms with van der Waals surface area (Å²) in [6.07, 6.45) is 4.57. The van der Waals surface area contributed by atoms with Crippen molar-refractivity contribution in [3.63, 3.8) is 0 Å². The molecule has 0 N–H and O–H groups in total. The second kappa shape index (κ2) is 3.69. The maximum Gasteiger partial charge on any atom is 0.123 e. The van der Waals surface area contributed by atoms with E-state index in [1.165, 1.54) is 6.42 Å². The Morgan fingerprint density at radius 2 is 2.20 bits per heavy atom. The molecule has 2 heteroatoms. The van der Waals surface area contributed by atoms with Gasteiger partial charge in [0.2, 0.25) is 0 Å². The molecule has 0 heterocycles. The highest BCUT2D eigenvalue weighted by Gasteiger charge is 2.24. The molecular formula is C8H13IO. The Balaban J connectivity index is 2.40. The van der Waals surface area contributed by atoms with Crippen molar-refractivity contribution in [2.24, 2.45) is 11.8 Å². The van der Waals surface area contributed by atoms with Crippen molar-refractivity contribution in [1.29, 1.82) is 0 Å². The zero-order valence-electron chi connectivity index (χ0n) is 6.22. The molecule has 0 aliphatic heterocycles. The molecule has 1 saturated carbocycles. The molecule has 0 saturated heterocycles. The van der Waals surface area contributed by atoms with E-state index in [9.17, 15) is 4.79 Å². The molecule has 3 atom stereocenters. The van der Waals surface area contributed by atoms with Gasteiger partial charge in [0.25, 0.3) is 0 Å². The van der Waals surface area contributed by atoms with Gasteiger partial charge in [0, 0.05) is 9.84 Å². The molecule has 1 nitrogen and oxygen atoms in total. The molecule has 1 aliphatic rings. The lowest BCUT2D eigenvalue weighted by atomic mass is 9.83. The topological polar surface area (TPSA) is 17.1 Å². The summed E-state index contributed by atoms with van der Waals surface area (Å²) in [6, 6.07) is 0. The number of aldehydes is 1. The fourth-order valence-corrected chi connectivity index (χ4v) is 2.18. The first-order valence-corrected chi connectivity index (χ1v) is 5.08. The van der Waals surface area contributed by atoms with Gasteiger partial charge in [0.05, 0.1) is 0 Å². The van der Waals surface area contributed by atoms with Gasteiger partial charge in [-0.15, -0.1) is 0 Å². The highest BCUT2D eigenvalue weighted by molar-refractivity contribution is 14.1. The van der Waals surface area contributed by atoms with Gasteiger partial charge < -0.3 is 4.79 Å². The quantitative estimate of drug-likeness (QED) is 0.398. The number of rotatable bonds is 1. The third kappa shape index (κ3) is 1.94. The van der Waals surface area contributed by atoms with E-state index >= 15 is 0 Å². The van der Waals surface area contributed by atoms with E-state index in [4.69, 9.17) is 0 Å². The molecule has 0 spiro atoms. The molecule has 0 radical (unpaired) electrons. The zero-order chi connectivity index (χ0) is 7.56. The van der Waals surface area contributed by atoms with Crippen molar-refractivity contribution in [2.75, 3.05) is 0 Å². The van der Waals surface area contributed by atoms with Gasteiger partial charge >= 0.3 is 0 Å². The Morgan fingerprint density at radius 3 is 2.70 bits per heavy atom. The van der Waals surface area contributed by atoms with E-state index in [0.29, 0.717) is 5.92 Å². The summed E-state index contributed by atoms with van der Waals surface area (Å²) in [5.74, 6) is 1.10. The number of hydrogen-bond acceptors (Lipinski definition) is 1. The highest BCUT2D eigenvalue weighted by Crippen LogP contribution is 2.32. The molecule has 0 bridgehead atoms. The van der Waals surface area contributed by atoms with Gasteiger partial charge in [-0.1, -0.05) is 29.5 Å². The van der Waals surface area contributed by atoms with E-state index in [2.05, 4.69) is 29.5 Å². The Hall–Kier alpha value is 0.400. The number of halogens is 1. The molecule has 0 amide bonds. The summed E-state index contributed by atoms with van der Waals surface area (Å²) in [4.78, 5) is 10.4. The first-order chi connectivity index (χ1) is 4.74. The molecule has 0 aromatic rings. The standard InChI is InChI=1S/C8H13IO/c1-6-4-7(5-10)2-3-8(6)9/h5-8H,2-4H2,1H3. The predicted molar refractivity (Wildman–Crippen MR) is 50.4 cm³/mol. The zero-order valence-corrected chi connectivity index (χ0v) is 8.37. The fourth-order valence-electron chi connectivity index (χ4n) is 1.52. The van der Waals surface area contributed by atoms with Crippen molar-refractivity contribution in [3.8, 4) is 0 Å². The summed E-state index contributed by atoms with van der Waals surface area (Å²) in [5.41, 5.74) is 0. The minimum atomic E-state index is 0.362. The molecule has 3 unspecified atom stereocenters. The summed E-state index contributed by atoms with van der Waals surface area (Å²) >= 11 is 2.49. The van der Waals surface area contributed by atoms with Gasteiger partial charge in [-0.05, 0) is 25.2 Å². The largest absolute Gasteiger partial charge is 0.303 e. The van der Waals surface area contributed by atoms with Gasteiger partial charge in [-0.2, -0.15) is 0 Å². The Labute approximate surface area is 75.7 Å². The van der Waals surface area contributed by atoms with E-state index in [0.717, 1.165) is 29.0 Å².